The second kappa shape index (κ2) is 9.22. The Morgan fingerprint density at radius 1 is 1.18 bits per heavy atom. The summed E-state index contributed by atoms with van der Waals surface area (Å²) < 4.78 is 12.2. The van der Waals surface area contributed by atoms with Gasteiger partial charge in [-0.1, -0.05) is 42.5 Å². The van der Waals surface area contributed by atoms with Crippen molar-refractivity contribution in [2.24, 2.45) is 5.73 Å². The third kappa shape index (κ3) is 4.15. The van der Waals surface area contributed by atoms with Crippen LogP contribution in [0.4, 0.5) is 5.69 Å². The highest BCUT2D eigenvalue weighted by molar-refractivity contribution is 5.92. The highest BCUT2D eigenvalue weighted by Gasteiger charge is 2.38. The van der Waals surface area contributed by atoms with E-state index in [9.17, 15) is 19.7 Å². The summed E-state index contributed by atoms with van der Waals surface area (Å²) in [7, 11) is 1.19. The minimum atomic E-state index is -0.993. The number of fused-ring (bicyclic) bond motifs is 1. The Hall–Kier alpha value is -4.40. The van der Waals surface area contributed by atoms with Crippen LogP contribution in [0.3, 0.4) is 0 Å². The summed E-state index contributed by atoms with van der Waals surface area (Å²) in [6.45, 7) is 2.19. The molecule has 0 spiro atoms. The van der Waals surface area contributed by atoms with Crippen LogP contribution in [-0.2, 0) is 22.5 Å². The molecule has 1 aliphatic heterocycles. The average Bonchev–Trinajstić information content (AvgIpc) is 2.83. The van der Waals surface area contributed by atoms with Gasteiger partial charge in [0.15, 0.2) is 0 Å². The molecule has 0 saturated heterocycles. The van der Waals surface area contributed by atoms with Gasteiger partial charge in [-0.05, 0) is 24.5 Å². The van der Waals surface area contributed by atoms with Crippen molar-refractivity contribution >= 4 is 11.7 Å². The van der Waals surface area contributed by atoms with Crippen LogP contribution in [0.1, 0.15) is 28.3 Å². The Morgan fingerprint density at radius 3 is 2.59 bits per heavy atom. The zero-order valence-electron chi connectivity index (χ0n) is 18.7. The second-order valence-corrected chi connectivity index (χ2v) is 7.91. The van der Waals surface area contributed by atoms with Crippen LogP contribution < -0.4 is 16.0 Å². The number of nitro benzene ring substituents is 1. The van der Waals surface area contributed by atoms with Gasteiger partial charge in [0.05, 0.1) is 23.5 Å². The highest BCUT2D eigenvalue weighted by Crippen LogP contribution is 2.42. The van der Waals surface area contributed by atoms with Gasteiger partial charge in [0.25, 0.3) is 11.2 Å². The summed E-state index contributed by atoms with van der Waals surface area (Å²) in [6, 6.07) is 17.2. The molecule has 4 rings (SSSR count). The van der Waals surface area contributed by atoms with E-state index >= 15 is 0 Å². The predicted octanol–water partition coefficient (Wildman–Crippen LogP) is 3.18. The number of nitro groups is 1. The average molecular weight is 461 g/mol. The normalized spacial score (nSPS) is 14.8. The van der Waals surface area contributed by atoms with Crippen LogP contribution >= 0.6 is 0 Å². The van der Waals surface area contributed by atoms with Crippen LogP contribution in [-0.4, -0.2) is 22.6 Å². The fraction of sp³-hybridized carbons (Fsp3) is 0.200. The molecule has 1 atom stereocenters. The van der Waals surface area contributed by atoms with Gasteiger partial charge in [0, 0.05) is 30.4 Å². The van der Waals surface area contributed by atoms with Crippen molar-refractivity contribution in [2.45, 2.75) is 25.8 Å². The van der Waals surface area contributed by atoms with E-state index in [0.29, 0.717) is 24.2 Å². The van der Waals surface area contributed by atoms with Crippen molar-refractivity contribution in [3.05, 3.63) is 115 Å². The number of aryl methyl sites for hydroxylation is 2. The number of rotatable bonds is 6. The number of benzene rings is 2. The molecule has 0 saturated carbocycles. The lowest BCUT2D eigenvalue weighted by molar-refractivity contribution is -0.384. The number of hydrogen-bond donors (Lipinski definition) is 1. The van der Waals surface area contributed by atoms with Gasteiger partial charge in [-0.15, -0.1) is 0 Å². The van der Waals surface area contributed by atoms with Gasteiger partial charge < -0.3 is 19.8 Å². The number of ether oxygens (including phenoxy) is 2. The van der Waals surface area contributed by atoms with Gasteiger partial charge in [-0.25, -0.2) is 4.79 Å². The van der Waals surface area contributed by atoms with Gasteiger partial charge in [0.1, 0.15) is 11.3 Å². The smallest absolute Gasteiger partial charge is 0.340 e. The number of carbonyl (C=O) groups excluding carboxylic acids is 1. The molecular weight excluding hydrogens is 438 g/mol. The summed E-state index contributed by atoms with van der Waals surface area (Å²) in [5.41, 5.74) is 7.72. The first kappa shape index (κ1) is 22.8. The zero-order valence-corrected chi connectivity index (χ0v) is 18.7. The maximum Gasteiger partial charge on any atom is 0.340 e. The molecule has 0 radical (unpaired) electrons. The molecule has 2 N–H and O–H groups in total. The summed E-state index contributed by atoms with van der Waals surface area (Å²) in [5, 5.41) is 11.4. The summed E-state index contributed by atoms with van der Waals surface area (Å²) >= 11 is 0. The Labute approximate surface area is 195 Å². The lowest BCUT2D eigenvalue weighted by atomic mass is 9.83. The molecule has 2 aromatic carbocycles. The van der Waals surface area contributed by atoms with E-state index in [1.54, 1.807) is 23.6 Å². The summed E-state index contributed by atoms with van der Waals surface area (Å²) in [6.07, 6.45) is 0.616. The van der Waals surface area contributed by atoms with Crippen molar-refractivity contribution in [3.8, 4) is 5.75 Å². The molecule has 1 aromatic heterocycles. The SMILES string of the molecule is COC(=O)C1=C(N)Oc2cc(C)n(CCc3ccccc3)c(=O)c2[C@@H]1c1cccc([N+](=O)[O-])c1. The Bertz CT molecular complexity index is 1360. The number of nitrogens with two attached hydrogens (primary N) is 1. The molecule has 0 aliphatic carbocycles. The van der Waals surface area contributed by atoms with E-state index in [-0.39, 0.29) is 34.0 Å². The highest BCUT2D eigenvalue weighted by atomic mass is 16.6. The fourth-order valence-electron chi connectivity index (χ4n) is 4.21. The molecule has 3 aromatic rings. The Balaban J connectivity index is 1.89. The lowest BCUT2D eigenvalue weighted by Crippen LogP contribution is -2.35. The van der Waals surface area contributed by atoms with Gasteiger partial charge >= 0.3 is 5.97 Å². The number of nitrogens with zero attached hydrogens (tertiary/aromatic N) is 2. The Morgan fingerprint density at radius 2 is 1.91 bits per heavy atom. The molecule has 0 unspecified atom stereocenters. The van der Waals surface area contributed by atoms with E-state index in [2.05, 4.69) is 0 Å². The number of hydrogen-bond acceptors (Lipinski definition) is 7. The second-order valence-electron chi connectivity index (χ2n) is 7.91. The van der Waals surface area contributed by atoms with E-state index < -0.39 is 16.8 Å². The molecule has 9 nitrogen and oxygen atoms in total. The maximum absolute atomic E-state index is 13.8. The van der Waals surface area contributed by atoms with Crippen LogP contribution in [0.25, 0.3) is 0 Å². The van der Waals surface area contributed by atoms with Crippen molar-refractivity contribution in [1.29, 1.82) is 0 Å². The lowest BCUT2D eigenvalue weighted by Gasteiger charge is -2.29. The molecular formula is C25H23N3O6. The van der Waals surface area contributed by atoms with Gasteiger partial charge in [0.2, 0.25) is 5.88 Å². The number of pyridine rings is 1. The number of aromatic nitrogens is 1. The molecule has 0 bridgehead atoms. The first-order valence-corrected chi connectivity index (χ1v) is 10.6. The predicted molar refractivity (Wildman–Crippen MR) is 124 cm³/mol. The first-order valence-electron chi connectivity index (χ1n) is 10.6. The molecule has 0 amide bonds. The Kier molecular flexibility index (Phi) is 6.18. The van der Waals surface area contributed by atoms with E-state index in [4.69, 9.17) is 15.2 Å². The van der Waals surface area contributed by atoms with Crippen molar-refractivity contribution < 1.29 is 19.2 Å². The van der Waals surface area contributed by atoms with E-state index in [1.165, 1.54) is 25.3 Å². The third-order valence-corrected chi connectivity index (χ3v) is 5.86. The molecule has 0 fully saturated rings. The van der Waals surface area contributed by atoms with Crippen molar-refractivity contribution in [3.63, 3.8) is 0 Å². The van der Waals surface area contributed by atoms with Crippen LogP contribution in [0, 0.1) is 17.0 Å². The number of methoxy groups -OCH3 is 1. The maximum atomic E-state index is 13.8. The minimum absolute atomic E-state index is 0.0777. The molecule has 174 valence electrons. The summed E-state index contributed by atoms with van der Waals surface area (Å²) in [4.78, 5) is 37.3. The molecule has 2 heterocycles. The van der Waals surface area contributed by atoms with E-state index in [1.807, 2.05) is 30.3 Å². The van der Waals surface area contributed by atoms with Gasteiger partial charge in [-0.3, -0.25) is 14.9 Å². The fourth-order valence-corrected chi connectivity index (χ4v) is 4.21. The van der Waals surface area contributed by atoms with Crippen molar-refractivity contribution in [2.75, 3.05) is 7.11 Å². The minimum Gasteiger partial charge on any atom is -0.465 e. The standard InChI is InChI=1S/C25H23N3O6/c1-15-13-19-21(24(29)27(15)12-11-16-7-4-3-5-8-16)20(22(23(26)34-19)25(30)33-2)17-9-6-10-18(14-17)28(31)32/h3-10,13-14,20H,11-12,26H2,1-2H3/t20-/m0/s1. The number of carbonyl (C=O) groups is 1. The monoisotopic (exact) mass is 461 g/mol. The van der Waals surface area contributed by atoms with Crippen molar-refractivity contribution in [1.82, 2.24) is 4.57 Å². The molecule has 9 heteroatoms. The summed E-state index contributed by atoms with van der Waals surface area (Å²) in [5.74, 6) is -1.78. The zero-order chi connectivity index (χ0) is 24.4. The first-order chi connectivity index (χ1) is 16.3. The van der Waals surface area contributed by atoms with Gasteiger partial charge in [-0.2, -0.15) is 0 Å². The number of non-ortho nitro benzene ring substituents is 1. The quantitative estimate of drug-likeness (QED) is 0.339. The van der Waals surface area contributed by atoms with Crippen LogP contribution in [0.2, 0.25) is 0 Å². The molecule has 1 aliphatic rings. The topological polar surface area (TPSA) is 127 Å². The van der Waals surface area contributed by atoms with E-state index in [0.717, 1.165) is 5.56 Å². The van der Waals surface area contributed by atoms with Crippen LogP contribution in [0.15, 0.2) is 76.9 Å². The largest absolute Gasteiger partial charge is 0.465 e. The van der Waals surface area contributed by atoms with Crippen LogP contribution in [0.5, 0.6) is 5.75 Å². The third-order valence-electron chi connectivity index (χ3n) is 5.86. The number of esters is 1. The molecule has 34 heavy (non-hydrogen) atoms.